The number of pyridine rings is 1. The molecule has 0 saturated carbocycles. The molecule has 1 aliphatic rings. The highest BCUT2D eigenvalue weighted by molar-refractivity contribution is 5.97. The van der Waals surface area contributed by atoms with Crippen LogP contribution in [0.15, 0.2) is 18.2 Å². The Kier molecular flexibility index (Phi) is 8.04. The average Bonchev–Trinajstić information content (AvgIpc) is 2.74. The van der Waals surface area contributed by atoms with Crippen LogP contribution in [0, 0.1) is 6.92 Å². The van der Waals surface area contributed by atoms with Crippen LogP contribution in [0.2, 0.25) is 0 Å². The number of fused-ring (bicyclic) bond motifs is 1. The van der Waals surface area contributed by atoms with Crippen LogP contribution < -0.4 is 10.1 Å². The second-order valence-electron chi connectivity index (χ2n) is 9.92. The fourth-order valence-electron chi connectivity index (χ4n) is 4.04. The molecule has 1 saturated heterocycles. The minimum absolute atomic E-state index is 0.102. The molecule has 14 heteroatoms. The number of hydrogen-bond acceptors (Lipinski definition) is 5. The quantitative estimate of drug-likeness (QED) is 0.465. The van der Waals surface area contributed by atoms with Gasteiger partial charge in [0.05, 0.1) is 17.1 Å². The minimum Gasteiger partial charge on any atom is -0.444 e. The van der Waals surface area contributed by atoms with Crippen molar-refractivity contribution in [3.05, 3.63) is 35.0 Å². The van der Waals surface area contributed by atoms with Gasteiger partial charge in [-0.1, -0.05) is 0 Å². The second kappa shape index (κ2) is 10.4. The molecular weight excluding hydrogens is 527 g/mol. The van der Waals surface area contributed by atoms with Gasteiger partial charge in [0.15, 0.2) is 0 Å². The van der Waals surface area contributed by atoms with Gasteiger partial charge in [-0.25, -0.2) is 18.6 Å². The Morgan fingerprint density at radius 3 is 2.42 bits per heavy atom. The van der Waals surface area contributed by atoms with Gasteiger partial charge in [-0.05, 0) is 51.5 Å². The lowest BCUT2D eigenvalue weighted by molar-refractivity contribution is -0.136. The fourth-order valence-corrected chi connectivity index (χ4v) is 4.04. The second-order valence-corrected chi connectivity index (χ2v) is 9.92. The topological polar surface area (TPSA) is 80.8 Å². The molecule has 0 radical (unpaired) electrons. The molecule has 2 amide bonds. The first kappa shape index (κ1) is 29.2. The van der Waals surface area contributed by atoms with E-state index in [0.717, 1.165) is 17.0 Å². The van der Waals surface area contributed by atoms with E-state index in [0.29, 0.717) is 6.07 Å². The molecule has 1 aliphatic heterocycles. The van der Waals surface area contributed by atoms with Crippen molar-refractivity contribution in [2.75, 3.05) is 13.1 Å². The molecule has 0 bridgehead atoms. The lowest BCUT2D eigenvalue weighted by Gasteiger charge is -2.39. The summed E-state index contributed by atoms with van der Waals surface area (Å²) in [5.74, 6) is -4.82. The van der Waals surface area contributed by atoms with Crippen LogP contribution in [-0.4, -0.2) is 59.2 Å². The van der Waals surface area contributed by atoms with Crippen molar-refractivity contribution >= 4 is 22.9 Å². The highest BCUT2D eigenvalue weighted by Gasteiger charge is 2.43. The lowest BCUT2D eigenvalue weighted by Crippen LogP contribution is -2.55. The first-order valence-corrected chi connectivity index (χ1v) is 11.5. The molecule has 0 aliphatic carbocycles. The number of benzene rings is 1. The van der Waals surface area contributed by atoms with Gasteiger partial charge in [0.2, 0.25) is 0 Å². The number of likely N-dealkylation sites (tertiary alicyclic amines) is 1. The van der Waals surface area contributed by atoms with Crippen molar-refractivity contribution in [3.63, 3.8) is 0 Å². The lowest BCUT2D eigenvalue weighted by atomic mass is 9.98. The normalized spacial score (nSPS) is 18.0. The Morgan fingerprint density at radius 2 is 1.84 bits per heavy atom. The first-order valence-electron chi connectivity index (χ1n) is 11.5. The van der Waals surface area contributed by atoms with Gasteiger partial charge >= 0.3 is 18.9 Å². The van der Waals surface area contributed by atoms with E-state index in [1.54, 1.807) is 20.8 Å². The summed E-state index contributed by atoms with van der Waals surface area (Å²) in [4.78, 5) is 30.2. The number of carbonyl (C=O) groups excluding carboxylic acids is 2. The van der Waals surface area contributed by atoms with Gasteiger partial charge in [0.1, 0.15) is 17.0 Å². The van der Waals surface area contributed by atoms with Crippen molar-refractivity contribution < 1.29 is 49.8 Å². The van der Waals surface area contributed by atoms with Crippen LogP contribution in [0.5, 0.6) is 5.75 Å². The van der Waals surface area contributed by atoms with Crippen LogP contribution in [0.25, 0.3) is 10.9 Å². The molecule has 38 heavy (non-hydrogen) atoms. The zero-order valence-corrected chi connectivity index (χ0v) is 20.9. The zero-order valence-electron chi connectivity index (χ0n) is 20.9. The van der Waals surface area contributed by atoms with Crippen molar-refractivity contribution in [3.8, 4) is 5.75 Å². The molecule has 1 unspecified atom stereocenters. The molecule has 7 nitrogen and oxygen atoms in total. The van der Waals surface area contributed by atoms with E-state index >= 15 is 0 Å². The van der Waals surface area contributed by atoms with Crippen LogP contribution in [0.3, 0.4) is 0 Å². The Bertz CT molecular complexity index is 1210. The van der Waals surface area contributed by atoms with Crippen LogP contribution in [0.4, 0.5) is 35.5 Å². The van der Waals surface area contributed by atoms with Gasteiger partial charge < -0.3 is 19.7 Å². The van der Waals surface area contributed by atoms with Crippen molar-refractivity contribution in [2.45, 2.75) is 70.9 Å². The van der Waals surface area contributed by atoms with E-state index in [-0.39, 0.29) is 17.5 Å². The number of amides is 2. The van der Waals surface area contributed by atoms with Gasteiger partial charge in [0.25, 0.3) is 11.8 Å². The van der Waals surface area contributed by atoms with Crippen LogP contribution in [0.1, 0.15) is 55.2 Å². The van der Waals surface area contributed by atoms with Crippen molar-refractivity contribution in [1.29, 1.82) is 0 Å². The van der Waals surface area contributed by atoms with E-state index in [2.05, 4.69) is 15.0 Å². The number of nitrogens with zero attached hydrogens (tertiary/aromatic N) is 2. The summed E-state index contributed by atoms with van der Waals surface area (Å²) >= 11 is 0. The molecule has 1 atom stereocenters. The monoisotopic (exact) mass is 553 g/mol. The maximum Gasteiger partial charge on any atom is 0.418 e. The highest BCUT2D eigenvalue weighted by atomic mass is 19.4. The molecule has 0 spiro atoms. The van der Waals surface area contributed by atoms with Crippen LogP contribution in [-0.2, 0) is 10.9 Å². The number of hydrogen-bond donors (Lipinski definition) is 1. The number of carbonyl (C=O) groups is 2. The number of nitrogens with one attached hydrogen (secondary N) is 1. The average molecular weight is 553 g/mol. The maximum atomic E-state index is 14.1. The summed E-state index contributed by atoms with van der Waals surface area (Å²) in [5, 5.41) is 2.18. The molecule has 1 aromatic carbocycles. The van der Waals surface area contributed by atoms with Gasteiger partial charge in [-0.15, -0.1) is 0 Å². The molecule has 1 aromatic heterocycles. The van der Waals surface area contributed by atoms with Crippen LogP contribution >= 0.6 is 0 Å². The van der Waals surface area contributed by atoms with Gasteiger partial charge in [-0.2, -0.15) is 22.0 Å². The van der Waals surface area contributed by atoms with E-state index < -0.39 is 84.3 Å². The number of aromatic nitrogens is 1. The predicted molar refractivity (Wildman–Crippen MR) is 121 cm³/mol. The number of aryl methyl sites for hydroxylation is 1. The van der Waals surface area contributed by atoms with E-state index in [1.807, 2.05) is 0 Å². The third kappa shape index (κ3) is 7.16. The molecule has 3 rings (SSSR count). The van der Waals surface area contributed by atoms with Crippen molar-refractivity contribution in [1.82, 2.24) is 15.2 Å². The number of alkyl halides is 7. The third-order valence-electron chi connectivity index (χ3n) is 5.68. The predicted octanol–water partition coefficient (Wildman–Crippen LogP) is 5.93. The summed E-state index contributed by atoms with van der Waals surface area (Å²) in [6.45, 7) is 2.02. The van der Waals surface area contributed by atoms with E-state index in [4.69, 9.17) is 4.74 Å². The van der Waals surface area contributed by atoms with Crippen molar-refractivity contribution in [2.24, 2.45) is 0 Å². The summed E-state index contributed by atoms with van der Waals surface area (Å²) in [6, 6.07) is 1.28. The summed E-state index contributed by atoms with van der Waals surface area (Å²) in [5.41, 5.74) is -3.33. The zero-order chi connectivity index (χ0) is 28.6. The van der Waals surface area contributed by atoms with E-state index in [9.17, 15) is 40.3 Å². The molecule has 1 fully saturated rings. The Labute approximate surface area is 213 Å². The molecule has 2 aromatic rings. The number of halogens is 7. The fraction of sp³-hybridized carbons (Fsp3) is 0.542. The largest absolute Gasteiger partial charge is 0.444 e. The summed E-state index contributed by atoms with van der Waals surface area (Å²) in [7, 11) is 0. The Hall–Kier alpha value is -3.32. The summed E-state index contributed by atoms with van der Waals surface area (Å²) < 4.78 is 104. The number of piperidine rings is 1. The number of ether oxygens (including phenoxy) is 2. The number of rotatable bonds is 5. The SMILES string of the molecule is Cc1cc(C(=O)NCC2CC(F)(F)CCN2C(=O)OC(C)(C)C)nc2c(C(F)(F)F)cc(OC(F)F)cc12. The standard InChI is InChI=1S/C24H26F7N3O4/c1-12-7-17(33-18-15(12)8-14(37-20(25)26)9-16(18)24(29,30)31)19(35)32-11-13-10-23(27,28)5-6-34(13)21(36)38-22(2,3)4/h7-9,13,20H,5-6,10-11H2,1-4H3,(H,32,35). The van der Waals surface area contributed by atoms with Gasteiger partial charge in [-0.3, -0.25) is 4.79 Å². The van der Waals surface area contributed by atoms with Gasteiger partial charge in [0, 0.05) is 31.3 Å². The maximum absolute atomic E-state index is 14.1. The molecular formula is C24H26F7N3O4. The Morgan fingerprint density at radius 1 is 1.18 bits per heavy atom. The molecule has 2 heterocycles. The minimum atomic E-state index is -5.02. The molecule has 210 valence electrons. The van der Waals surface area contributed by atoms with E-state index in [1.165, 1.54) is 6.92 Å². The first-order chi connectivity index (χ1) is 17.4. The highest BCUT2D eigenvalue weighted by Crippen LogP contribution is 2.38. The third-order valence-corrected chi connectivity index (χ3v) is 5.68. The summed E-state index contributed by atoms with van der Waals surface area (Å²) in [6.07, 6.45) is -7.22. The Balaban J connectivity index is 1.89. The smallest absolute Gasteiger partial charge is 0.418 e. The molecule has 1 N–H and O–H groups in total.